The molecular formula is C6H6BrF2NS. The van der Waals surface area contributed by atoms with Gasteiger partial charge in [-0.2, -0.15) is 0 Å². The minimum absolute atomic E-state index is 0.506. The zero-order chi connectivity index (χ0) is 8.43. The Kier molecular flexibility index (Phi) is 2.98. The third kappa shape index (κ3) is 2.21. The second kappa shape index (κ2) is 3.60. The summed E-state index contributed by atoms with van der Waals surface area (Å²) >= 11 is 4.39. The summed E-state index contributed by atoms with van der Waals surface area (Å²) in [4.78, 5) is 0.506. The van der Waals surface area contributed by atoms with E-state index in [0.29, 0.717) is 4.88 Å². The van der Waals surface area contributed by atoms with Gasteiger partial charge in [-0.1, -0.05) is 0 Å². The van der Waals surface area contributed by atoms with Crippen LogP contribution in [0.1, 0.15) is 10.9 Å². The van der Waals surface area contributed by atoms with Crippen molar-refractivity contribution in [3.8, 4) is 0 Å². The van der Waals surface area contributed by atoms with Crippen LogP contribution in [-0.2, 0) is 0 Å². The molecule has 0 bridgehead atoms. The predicted molar refractivity (Wildman–Crippen MR) is 45.0 cm³/mol. The predicted octanol–water partition coefficient (Wildman–Crippen LogP) is 2.78. The van der Waals surface area contributed by atoms with E-state index in [9.17, 15) is 8.78 Å². The van der Waals surface area contributed by atoms with Crippen molar-refractivity contribution in [1.82, 2.24) is 0 Å². The van der Waals surface area contributed by atoms with Crippen LogP contribution in [0.2, 0.25) is 0 Å². The van der Waals surface area contributed by atoms with Gasteiger partial charge in [0, 0.05) is 14.7 Å². The Hall–Kier alpha value is -0.0000000000000000833. The Bertz CT molecular complexity index is 238. The lowest BCUT2D eigenvalue weighted by Crippen LogP contribution is -2.17. The fourth-order valence-electron chi connectivity index (χ4n) is 0.627. The van der Waals surface area contributed by atoms with E-state index in [2.05, 4.69) is 15.9 Å². The molecule has 0 saturated carbocycles. The highest BCUT2D eigenvalue weighted by atomic mass is 79.9. The Morgan fingerprint density at radius 2 is 2.18 bits per heavy atom. The molecule has 2 N–H and O–H groups in total. The molecule has 62 valence electrons. The van der Waals surface area contributed by atoms with Crippen LogP contribution in [0.25, 0.3) is 0 Å². The first-order valence-electron chi connectivity index (χ1n) is 2.89. The van der Waals surface area contributed by atoms with Gasteiger partial charge in [0.2, 0.25) is 0 Å². The van der Waals surface area contributed by atoms with E-state index in [1.165, 1.54) is 11.3 Å². The van der Waals surface area contributed by atoms with Gasteiger partial charge >= 0.3 is 0 Å². The Labute approximate surface area is 75.3 Å². The highest BCUT2D eigenvalue weighted by molar-refractivity contribution is 9.10. The van der Waals surface area contributed by atoms with Crippen molar-refractivity contribution in [2.45, 2.75) is 12.5 Å². The lowest BCUT2D eigenvalue weighted by molar-refractivity contribution is 0.118. The van der Waals surface area contributed by atoms with Gasteiger partial charge in [0.1, 0.15) is 6.04 Å². The van der Waals surface area contributed by atoms with E-state index in [0.717, 1.165) is 4.47 Å². The molecule has 1 aromatic rings. The van der Waals surface area contributed by atoms with Gasteiger partial charge in [-0.05, 0) is 22.0 Å². The molecule has 0 aromatic carbocycles. The SMILES string of the molecule is N[C@H](c1cc(Br)cs1)C(F)F. The van der Waals surface area contributed by atoms with Gasteiger partial charge < -0.3 is 5.73 Å². The van der Waals surface area contributed by atoms with E-state index in [1.807, 2.05) is 0 Å². The van der Waals surface area contributed by atoms with E-state index in [1.54, 1.807) is 11.4 Å². The van der Waals surface area contributed by atoms with E-state index in [-0.39, 0.29) is 0 Å². The number of nitrogens with two attached hydrogens (primary N) is 1. The molecular weight excluding hydrogens is 236 g/mol. The van der Waals surface area contributed by atoms with Gasteiger partial charge in [-0.15, -0.1) is 11.3 Å². The van der Waals surface area contributed by atoms with Crippen LogP contribution >= 0.6 is 27.3 Å². The summed E-state index contributed by atoms with van der Waals surface area (Å²) in [5, 5.41) is 1.73. The molecule has 0 spiro atoms. The minimum atomic E-state index is -2.49. The Morgan fingerprint density at radius 3 is 2.55 bits per heavy atom. The molecule has 1 aromatic heterocycles. The highest BCUT2D eigenvalue weighted by Crippen LogP contribution is 2.27. The third-order valence-electron chi connectivity index (χ3n) is 1.19. The molecule has 1 nitrogen and oxygen atoms in total. The molecule has 11 heavy (non-hydrogen) atoms. The molecule has 0 fully saturated rings. The van der Waals surface area contributed by atoms with Crippen molar-refractivity contribution in [2.75, 3.05) is 0 Å². The molecule has 0 saturated heterocycles. The Morgan fingerprint density at radius 1 is 1.55 bits per heavy atom. The van der Waals surface area contributed by atoms with Crippen LogP contribution in [0.4, 0.5) is 8.78 Å². The molecule has 1 heterocycles. The lowest BCUT2D eigenvalue weighted by Gasteiger charge is -2.05. The topological polar surface area (TPSA) is 26.0 Å². The highest BCUT2D eigenvalue weighted by Gasteiger charge is 2.18. The van der Waals surface area contributed by atoms with Gasteiger partial charge in [-0.25, -0.2) is 8.78 Å². The van der Waals surface area contributed by atoms with Crippen LogP contribution in [0.3, 0.4) is 0 Å². The molecule has 0 amide bonds. The van der Waals surface area contributed by atoms with Gasteiger partial charge in [0.15, 0.2) is 0 Å². The number of rotatable bonds is 2. The molecule has 0 aliphatic rings. The molecule has 0 unspecified atom stereocenters. The van der Waals surface area contributed by atoms with Crippen molar-refractivity contribution < 1.29 is 8.78 Å². The summed E-state index contributed by atoms with van der Waals surface area (Å²) in [6.45, 7) is 0. The van der Waals surface area contributed by atoms with Crippen LogP contribution in [0.15, 0.2) is 15.9 Å². The zero-order valence-corrected chi connectivity index (χ0v) is 7.83. The summed E-state index contributed by atoms with van der Waals surface area (Å²) in [7, 11) is 0. The maximum absolute atomic E-state index is 12.0. The quantitative estimate of drug-likeness (QED) is 0.847. The molecule has 5 heteroatoms. The van der Waals surface area contributed by atoms with E-state index < -0.39 is 12.5 Å². The monoisotopic (exact) mass is 241 g/mol. The van der Waals surface area contributed by atoms with Crippen LogP contribution in [-0.4, -0.2) is 6.43 Å². The van der Waals surface area contributed by atoms with Gasteiger partial charge in [0.05, 0.1) is 0 Å². The summed E-state index contributed by atoms with van der Waals surface area (Å²) in [6.07, 6.45) is -2.49. The van der Waals surface area contributed by atoms with Crippen LogP contribution in [0.5, 0.6) is 0 Å². The van der Waals surface area contributed by atoms with Crippen LogP contribution < -0.4 is 5.73 Å². The third-order valence-corrected chi connectivity index (χ3v) is 2.98. The normalized spacial score (nSPS) is 13.9. The summed E-state index contributed by atoms with van der Waals surface area (Å²) < 4.78 is 24.8. The maximum atomic E-state index is 12.0. The number of hydrogen-bond acceptors (Lipinski definition) is 2. The molecule has 0 aliphatic heterocycles. The standard InChI is InChI=1S/C6H6BrF2NS/c7-3-1-4(11-2-3)5(10)6(8)9/h1-2,5-6H,10H2/t5-/m1/s1. The Balaban J connectivity index is 2.76. The first-order valence-corrected chi connectivity index (χ1v) is 4.56. The van der Waals surface area contributed by atoms with E-state index >= 15 is 0 Å². The first-order chi connectivity index (χ1) is 5.11. The molecule has 0 radical (unpaired) electrons. The summed E-state index contributed by atoms with van der Waals surface area (Å²) in [6, 6.07) is 0.466. The summed E-state index contributed by atoms with van der Waals surface area (Å²) in [5.74, 6) is 0. The van der Waals surface area contributed by atoms with Crippen molar-refractivity contribution >= 4 is 27.3 Å². The fourth-order valence-corrected chi connectivity index (χ4v) is 2.08. The lowest BCUT2D eigenvalue weighted by atomic mass is 10.3. The van der Waals surface area contributed by atoms with Crippen molar-refractivity contribution in [2.24, 2.45) is 5.73 Å². The van der Waals surface area contributed by atoms with Crippen LogP contribution in [0, 0.1) is 0 Å². The minimum Gasteiger partial charge on any atom is -0.319 e. The number of hydrogen-bond donors (Lipinski definition) is 1. The smallest absolute Gasteiger partial charge is 0.258 e. The van der Waals surface area contributed by atoms with Crippen molar-refractivity contribution in [3.05, 3.63) is 20.8 Å². The second-order valence-corrected chi connectivity index (χ2v) is 3.89. The zero-order valence-electron chi connectivity index (χ0n) is 5.43. The average molecular weight is 242 g/mol. The van der Waals surface area contributed by atoms with Crippen molar-refractivity contribution in [3.63, 3.8) is 0 Å². The number of halogens is 3. The number of alkyl halides is 2. The van der Waals surface area contributed by atoms with Gasteiger partial charge in [0.25, 0.3) is 6.43 Å². The summed E-state index contributed by atoms with van der Waals surface area (Å²) in [5.41, 5.74) is 5.19. The fraction of sp³-hybridized carbons (Fsp3) is 0.333. The first kappa shape index (κ1) is 9.09. The van der Waals surface area contributed by atoms with E-state index in [4.69, 9.17) is 5.73 Å². The average Bonchev–Trinajstić information content (AvgIpc) is 2.34. The molecule has 1 atom stereocenters. The number of thiophene rings is 1. The molecule has 0 aliphatic carbocycles. The van der Waals surface area contributed by atoms with Crippen molar-refractivity contribution in [1.29, 1.82) is 0 Å². The van der Waals surface area contributed by atoms with Gasteiger partial charge in [-0.3, -0.25) is 0 Å². The molecule has 1 rings (SSSR count). The maximum Gasteiger partial charge on any atom is 0.258 e. The largest absolute Gasteiger partial charge is 0.319 e. The second-order valence-electron chi connectivity index (χ2n) is 2.03.